The van der Waals surface area contributed by atoms with Crippen molar-refractivity contribution in [3.05, 3.63) is 20.4 Å². The fourth-order valence-corrected chi connectivity index (χ4v) is 1.45. The third-order valence-electron chi connectivity index (χ3n) is 1.25. The summed E-state index contributed by atoms with van der Waals surface area (Å²) in [6.07, 6.45) is -1.53. The zero-order chi connectivity index (χ0) is 9.30. The van der Waals surface area contributed by atoms with E-state index < -0.39 is 6.43 Å². The molecule has 0 radical (unpaired) electrons. The van der Waals surface area contributed by atoms with Gasteiger partial charge in [-0.3, -0.25) is 0 Å². The average Bonchev–Trinajstić information content (AvgIpc) is 2.00. The zero-order valence-corrected chi connectivity index (χ0v) is 8.60. The normalized spacial score (nSPS) is 10.8. The molecule has 0 spiro atoms. The van der Waals surface area contributed by atoms with E-state index in [1.165, 1.54) is 0 Å². The van der Waals surface area contributed by atoms with Crippen LogP contribution in [0.3, 0.4) is 0 Å². The third-order valence-corrected chi connectivity index (χ3v) is 3.11. The van der Waals surface area contributed by atoms with Gasteiger partial charge in [-0.15, -0.1) is 0 Å². The lowest BCUT2D eigenvalue weighted by molar-refractivity contribution is 0.150. The van der Waals surface area contributed by atoms with E-state index in [0.29, 0.717) is 0 Å². The van der Waals surface area contributed by atoms with Crippen LogP contribution in [0.1, 0.15) is 12.0 Å². The number of halogens is 4. The van der Waals surface area contributed by atoms with Gasteiger partial charge in [-0.25, -0.2) is 13.8 Å². The van der Waals surface area contributed by atoms with Crippen molar-refractivity contribution in [2.45, 2.75) is 6.43 Å². The van der Waals surface area contributed by atoms with Crippen LogP contribution in [-0.2, 0) is 0 Å². The topological polar surface area (TPSA) is 38.9 Å². The molecule has 0 amide bonds. The summed E-state index contributed by atoms with van der Waals surface area (Å²) in [5.74, 6) is 0.0745. The lowest BCUT2D eigenvalue weighted by atomic mass is 10.3. The molecule has 1 aromatic heterocycles. The fourth-order valence-electron chi connectivity index (χ4n) is 0.644. The van der Waals surface area contributed by atoms with Crippen molar-refractivity contribution >= 4 is 40.0 Å². The van der Waals surface area contributed by atoms with E-state index in [9.17, 15) is 8.78 Å². The molecule has 0 atom stereocenters. The Kier molecular flexibility index (Phi) is 3.05. The van der Waals surface area contributed by atoms with Gasteiger partial charge in [-0.2, -0.15) is 0 Å². The van der Waals surface area contributed by atoms with Gasteiger partial charge in [-0.1, -0.05) is 11.6 Å². The highest BCUT2D eigenvalue weighted by molar-refractivity contribution is 14.1. The summed E-state index contributed by atoms with van der Waals surface area (Å²) < 4.78 is 24.7. The van der Waals surface area contributed by atoms with Gasteiger partial charge in [-0.05, 0) is 22.6 Å². The van der Waals surface area contributed by atoms with Gasteiger partial charge in [0.25, 0.3) is 6.43 Å². The van der Waals surface area contributed by atoms with Crippen molar-refractivity contribution in [2.75, 3.05) is 5.73 Å². The van der Waals surface area contributed by atoms with Crippen LogP contribution in [0.2, 0.25) is 5.02 Å². The Balaban J connectivity index is 3.27. The predicted molar refractivity (Wildman–Crippen MR) is 51.3 cm³/mol. The summed E-state index contributed by atoms with van der Waals surface area (Å²) in [4.78, 5) is 3.52. The molecule has 0 fully saturated rings. The summed E-state index contributed by atoms with van der Waals surface area (Å²) in [7, 11) is 0. The molecule has 0 aliphatic carbocycles. The van der Waals surface area contributed by atoms with E-state index in [4.69, 9.17) is 17.3 Å². The van der Waals surface area contributed by atoms with Crippen molar-refractivity contribution in [1.29, 1.82) is 0 Å². The van der Waals surface area contributed by atoms with Gasteiger partial charge in [0.2, 0.25) is 0 Å². The van der Waals surface area contributed by atoms with E-state index in [-0.39, 0.29) is 20.0 Å². The number of nitrogens with two attached hydrogens (primary N) is 1. The Morgan fingerprint density at radius 2 is 2.17 bits per heavy atom. The molecule has 0 saturated carbocycles. The van der Waals surface area contributed by atoms with Crippen LogP contribution in [0, 0.1) is 3.57 Å². The van der Waals surface area contributed by atoms with Crippen molar-refractivity contribution in [1.82, 2.24) is 4.98 Å². The van der Waals surface area contributed by atoms with Crippen molar-refractivity contribution in [3.8, 4) is 0 Å². The number of rotatable bonds is 1. The number of nitrogen functional groups attached to an aromatic ring is 1. The maximum absolute atomic E-state index is 12.2. The van der Waals surface area contributed by atoms with E-state index >= 15 is 0 Å². The van der Waals surface area contributed by atoms with Gasteiger partial charge in [0.15, 0.2) is 0 Å². The van der Waals surface area contributed by atoms with Crippen LogP contribution >= 0.6 is 34.2 Å². The first-order valence-corrected chi connectivity index (χ1v) is 4.37. The summed E-state index contributed by atoms with van der Waals surface area (Å²) in [6.45, 7) is 0. The molecule has 1 rings (SSSR count). The smallest absolute Gasteiger partial charge is 0.266 e. The van der Waals surface area contributed by atoms with Crippen LogP contribution in [0.15, 0.2) is 6.20 Å². The van der Waals surface area contributed by atoms with Crippen LogP contribution in [0.4, 0.5) is 14.6 Å². The first kappa shape index (κ1) is 9.91. The Labute approximate surface area is 86.3 Å². The summed E-state index contributed by atoms with van der Waals surface area (Å²) in [5, 5.41) is 0.0911. The molecular formula is C6H4ClF2IN2. The molecule has 0 saturated heterocycles. The molecule has 0 bridgehead atoms. The molecule has 0 unspecified atom stereocenters. The summed E-state index contributed by atoms with van der Waals surface area (Å²) in [6, 6.07) is 0. The second-order valence-electron chi connectivity index (χ2n) is 2.03. The average molecular weight is 304 g/mol. The minimum absolute atomic E-state index is 0.0745. The fraction of sp³-hybridized carbons (Fsp3) is 0.167. The van der Waals surface area contributed by atoms with Gasteiger partial charge in [0.05, 0.1) is 10.6 Å². The molecule has 1 aromatic rings. The van der Waals surface area contributed by atoms with Gasteiger partial charge in [0, 0.05) is 9.77 Å². The van der Waals surface area contributed by atoms with Crippen molar-refractivity contribution in [3.63, 3.8) is 0 Å². The predicted octanol–water partition coefficient (Wildman–Crippen LogP) is 2.86. The number of pyridine rings is 1. The molecular weight excluding hydrogens is 300 g/mol. The number of nitrogens with zero attached hydrogens (tertiary/aromatic N) is 1. The SMILES string of the molecule is Nc1ncc(C(F)F)c(I)c1Cl. The Morgan fingerprint density at radius 1 is 1.58 bits per heavy atom. The Bertz CT molecular complexity index is 306. The van der Waals surface area contributed by atoms with E-state index in [1.54, 1.807) is 22.6 Å². The number of anilines is 1. The standard InChI is InChI=1S/C6H4ClF2IN2/c7-3-4(10)2(5(8)9)1-12-6(3)11/h1,5H,(H2,11,12). The van der Waals surface area contributed by atoms with Crippen LogP contribution in [-0.4, -0.2) is 4.98 Å². The van der Waals surface area contributed by atoms with Gasteiger partial charge in [0.1, 0.15) is 5.82 Å². The molecule has 0 aliphatic heterocycles. The quantitative estimate of drug-likeness (QED) is 0.810. The molecule has 6 heteroatoms. The molecule has 2 N–H and O–H groups in total. The van der Waals surface area contributed by atoms with Gasteiger partial charge >= 0.3 is 0 Å². The van der Waals surface area contributed by atoms with Crippen LogP contribution in [0.5, 0.6) is 0 Å². The van der Waals surface area contributed by atoms with Crippen molar-refractivity contribution in [2.24, 2.45) is 0 Å². The summed E-state index contributed by atoms with van der Waals surface area (Å²) >= 11 is 7.31. The Morgan fingerprint density at radius 3 is 2.67 bits per heavy atom. The highest BCUT2D eigenvalue weighted by atomic mass is 127. The van der Waals surface area contributed by atoms with Gasteiger partial charge < -0.3 is 5.73 Å². The second-order valence-corrected chi connectivity index (χ2v) is 3.48. The number of aromatic nitrogens is 1. The van der Waals surface area contributed by atoms with E-state index in [1.807, 2.05) is 0 Å². The Hall–Kier alpha value is -0.170. The highest BCUT2D eigenvalue weighted by Crippen LogP contribution is 2.31. The van der Waals surface area contributed by atoms with E-state index in [2.05, 4.69) is 4.98 Å². The lowest BCUT2D eigenvalue weighted by Gasteiger charge is -2.05. The first-order chi connectivity index (χ1) is 5.54. The molecule has 0 aliphatic rings. The third kappa shape index (κ3) is 1.77. The maximum Gasteiger partial charge on any atom is 0.266 e. The molecule has 2 nitrogen and oxygen atoms in total. The minimum atomic E-state index is -2.57. The molecule has 12 heavy (non-hydrogen) atoms. The zero-order valence-electron chi connectivity index (χ0n) is 5.69. The largest absolute Gasteiger partial charge is 0.382 e. The first-order valence-electron chi connectivity index (χ1n) is 2.91. The lowest BCUT2D eigenvalue weighted by Crippen LogP contribution is -1.98. The maximum atomic E-state index is 12.2. The highest BCUT2D eigenvalue weighted by Gasteiger charge is 2.15. The monoisotopic (exact) mass is 304 g/mol. The molecule has 66 valence electrons. The van der Waals surface area contributed by atoms with Crippen LogP contribution < -0.4 is 5.73 Å². The van der Waals surface area contributed by atoms with E-state index in [0.717, 1.165) is 6.20 Å². The second kappa shape index (κ2) is 3.69. The number of alkyl halides is 2. The van der Waals surface area contributed by atoms with Crippen LogP contribution in [0.25, 0.3) is 0 Å². The number of hydrogen-bond acceptors (Lipinski definition) is 2. The number of hydrogen-bond donors (Lipinski definition) is 1. The summed E-state index contributed by atoms with van der Waals surface area (Å²) in [5.41, 5.74) is 5.11. The molecule has 0 aromatic carbocycles. The molecule has 1 heterocycles. The minimum Gasteiger partial charge on any atom is -0.382 e. The van der Waals surface area contributed by atoms with Crippen molar-refractivity contribution < 1.29 is 8.78 Å².